The summed E-state index contributed by atoms with van der Waals surface area (Å²) in [5.74, 6) is -0.446. The van der Waals surface area contributed by atoms with E-state index in [2.05, 4.69) is 15.0 Å². The molecule has 0 aliphatic carbocycles. The minimum Gasteiger partial charge on any atom is -0.433 e. The van der Waals surface area contributed by atoms with Crippen molar-refractivity contribution in [2.24, 2.45) is 5.92 Å². The molecule has 9 heteroatoms. The number of hydrogen-bond donors (Lipinski definition) is 1. The van der Waals surface area contributed by atoms with Gasteiger partial charge in [0.1, 0.15) is 11.3 Å². The lowest BCUT2D eigenvalue weighted by molar-refractivity contribution is -0.120. The maximum absolute atomic E-state index is 12.6. The van der Waals surface area contributed by atoms with Crippen molar-refractivity contribution < 1.29 is 22.7 Å². The summed E-state index contributed by atoms with van der Waals surface area (Å²) in [6.45, 7) is -1.67. The predicted molar refractivity (Wildman–Crippen MR) is 106 cm³/mol. The first-order chi connectivity index (χ1) is 14.0. The number of benzene rings is 2. The normalized spacial score (nSPS) is 15.1. The fourth-order valence-corrected chi connectivity index (χ4v) is 3.57. The van der Waals surface area contributed by atoms with E-state index >= 15 is 0 Å². The van der Waals surface area contributed by atoms with E-state index in [1.54, 1.807) is 0 Å². The lowest BCUT2D eigenvalue weighted by Crippen LogP contribution is -2.38. The number of aromatic nitrogens is 1. The molecule has 2 aromatic carbocycles. The van der Waals surface area contributed by atoms with Gasteiger partial charge in [0.25, 0.3) is 6.01 Å². The van der Waals surface area contributed by atoms with Gasteiger partial charge in [0.2, 0.25) is 5.91 Å². The average Bonchev–Trinajstić information content (AvgIpc) is 3.14. The summed E-state index contributed by atoms with van der Waals surface area (Å²) < 4.78 is 34.7. The number of nitrogens with one attached hydrogen (secondary N) is 1. The lowest BCUT2D eigenvalue weighted by Gasteiger charge is -2.30. The fourth-order valence-electron chi connectivity index (χ4n) is 3.34. The first-order valence-corrected chi connectivity index (χ1v) is 9.53. The Hall–Kier alpha value is -2.87. The van der Waals surface area contributed by atoms with Crippen LogP contribution < -0.4 is 15.0 Å². The van der Waals surface area contributed by atoms with Crippen LogP contribution in [0.5, 0.6) is 5.75 Å². The van der Waals surface area contributed by atoms with Crippen LogP contribution in [0.3, 0.4) is 0 Å². The molecule has 1 N–H and O–H groups in total. The van der Waals surface area contributed by atoms with Crippen LogP contribution in [0.2, 0.25) is 5.02 Å². The first-order valence-electron chi connectivity index (χ1n) is 9.15. The third kappa shape index (κ3) is 4.42. The summed E-state index contributed by atoms with van der Waals surface area (Å²) in [6, 6.07) is 12.3. The highest BCUT2D eigenvalue weighted by Crippen LogP contribution is 2.30. The molecule has 0 radical (unpaired) electrons. The molecule has 0 saturated carbocycles. The highest BCUT2D eigenvalue weighted by Gasteiger charge is 2.27. The van der Waals surface area contributed by atoms with Crippen LogP contribution in [0.25, 0.3) is 11.1 Å². The second kappa shape index (κ2) is 8.24. The standard InChI is InChI=1S/C20H18ClF2N3O3/c21-14-11-13(5-6-16(14)28-19(22)23)24-18(27)12-7-9-26(10-8-12)20-25-15-3-1-2-4-17(15)29-20/h1-6,11-12,19H,7-10H2,(H,24,27). The molecule has 6 nitrogen and oxygen atoms in total. The van der Waals surface area contributed by atoms with E-state index in [9.17, 15) is 13.6 Å². The molecule has 1 aromatic heterocycles. The van der Waals surface area contributed by atoms with Gasteiger partial charge in [-0.2, -0.15) is 13.8 Å². The van der Waals surface area contributed by atoms with Gasteiger partial charge in [0.15, 0.2) is 5.58 Å². The van der Waals surface area contributed by atoms with E-state index in [0.717, 1.165) is 11.1 Å². The van der Waals surface area contributed by atoms with Gasteiger partial charge in [-0.15, -0.1) is 0 Å². The second-order valence-corrected chi connectivity index (χ2v) is 7.15. The fraction of sp³-hybridized carbons (Fsp3) is 0.300. The van der Waals surface area contributed by atoms with E-state index in [1.165, 1.54) is 18.2 Å². The monoisotopic (exact) mass is 421 g/mol. The topological polar surface area (TPSA) is 67.6 Å². The average molecular weight is 422 g/mol. The third-order valence-corrected chi connectivity index (χ3v) is 5.13. The van der Waals surface area contributed by atoms with Crippen LogP contribution in [0.15, 0.2) is 46.9 Å². The van der Waals surface area contributed by atoms with Gasteiger partial charge in [0.05, 0.1) is 5.02 Å². The minimum atomic E-state index is -2.96. The molecule has 1 fully saturated rings. The van der Waals surface area contributed by atoms with Gasteiger partial charge >= 0.3 is 6.61 Å². The zero-order valence-corrected chi connectivity index (χ0v) is 16.0. The van der Waals surface area contributed by atoms with Gasteiger partial charge in [-0.1, -0.05) is 23.7 Å². The number of halogens is 3. The minimum absolute atomic E-state index is 0.00822. The molecule has 1 amide bonds. The maximum Gasteiger partial charge on any atom is 0.387 e. The van der Waals surface area contributed by atoms with Crippen LogP contribution in [-0.2, 0) is 4.79 Å². The highest BCUT2D eigenvalue weighted by atomic mass is 35.5. The van der Waals surface area contributed by atoms with Crippen molar-refractivity contribution in [1.82, 2.24) is 4.98 Å². The SMILES string of the molecule is O=C(Nc1ccc(OC(F)F)c(Cl)c1)C1CCN(c2nc3ccccc3o2)CC1. The molecular formula is C20H18ClF2N3O3. The van der Waals surface area contributed by atoms with Crippen molar-refractivity contribution >= 4 is 40.3 Å². The molecule has 0 spiro atoms. The Morgan fingerprint density at radius 2 is 2.00 bits per heavy atom. The number of fused-ring (bicyclic) bond motifs is 1. The smallest absolute Gasteiger partial charge is 0.387 e. The van der Waals surface area contributed by atoms with E-state index in [4.69, 9.17) is 16.0 Å². The first kappa shape index (κ1) is 19.4. The van der Waals surface area contributed by atoms with Crippen molar-refractivity contribution in [3.63, 3.8) is 0 Å². The summed E-state index contributed by atoms with van der Waals surface area (Å²) >= 11 is 5.93. The number of carbonyl (C=O) groups is 1. The number of ether oxygens (including phenoxy) is 1. The number of amides is 1. The van der Waals surface area contributed by atoms with Gasteiger partial charge in [-0.05, 0) is 43.2 Å². The number of para-hydroxylation sites is 2. The summed E-state index contributed by atoms with van der Waals surface area (Å²) in [6.07, 6.45) is 1.29. The van der Waals surface area contributed by atoms with Gasteiger partial charge < -0.3 is 19.4 Å². The Morgan fingerprint density at radius 3 is 2.69 bits per heavy atom. The number of nitrogens with zero attached hydrogens (tertiary/aromatic N) is 2. The zero-order valence-electron chi connectivity index (χ0n) is 15.3. The van der Waals surface area contributed by atoms with Crippen molar-refractivity contribution in [2.45, 2.75) is 19.5 Å². The van der Waals surface area contributed by atoms with E-state index < -0.39 is 6.61 Å². The molecule has 29 heavy (non-hydrogen) atoms. The molecular weight excluding hydrogens is 404 g/mol. The van der Waals surface area contributed by atoms with Crippen molar-refractivity contribution in [1.29, 1.82) is 0 Å². The van der Waals surface area contributed by atoms with Crippen LogP contribution in [0.4, 0.5) is 20.5 Å². The number of anilines is 2. The van der Waals surface area contributed by atoms with Crippen molar-refractivity contribution in [3.8, 4) is 5.75 Å². The predicted octanol–water partition coefficient (Wildman–Crippen LogP) is 4.94. The molecule has 152 valence electrons. The van der Waals surface area contributed by atoms with Crippen molar-refractivity contribution in [2.75, 3.05) is 23.3 Å². The molecule has 0 bridgehead atoms. The summed E-state index contributed by atoms with van der Waals surface area (Å²) in [5, 5.41) is 2.79. The Balaban J connectivity index is 1.34. The molecule has 1 aliphatic rings. The summed E-state index contributed by atoms with van der Waals surface area (Å²) in [4.78, 5) is 19.1. The Kier molecular flexibility index (Phi) is 5.53. The Bertz CT molecular complexity index is 986. The molecule has 0 unspecified atom stereocenters. The van der Waals surface area contributed by atoms with Gasteiger partial charge in [0, 0.05) is 24.7 Å². The van der Waals surface area contributed by atoms with Crippen LogP contribution in [0.1, 0.15) is 12.8 Å². The Labute approximate surface area is 170 Å². The summed E-state index contributed by atoms with van der Waals surface area (Å²) in [7, 11) is 0. The molecule has 2 heterocycles. The number of piperidine rings is 1. The van der Waals surface area contributed by atoms with E-state index in [-0.39, 0.29) is 22.6 Å². The number of alkyl halides is 2. The molecule has 3 aromatic rings. The van der Waals surface area contributed by atoms with Crippen LogP contribution in [0, 0.1) is 5.92 Å². The highest BCUT2D eigenvalue weighted by molar-refractivity contribution is 6.32. The Morgan fingerprint density at radius 1 is 1.24 bits per heavy atom. The zero-order chi connectivity index (χ0) is 20.4. The number of hydrogen-bond acceptors (Lipinski definition) is 5. The van der Waals surface area contributed by atoms with E-state index in [1.807, 2.05) is 29.2 Å². The largest absolute Gasteiger partial charge is 0.433 e. The second-order valence-electron chi connectivity index (χ2n) is 6.74. The molecule has 1 saturated heterocycles. The van der Waals surface area contributed by atoms with Crippen LogP contribution in [-0.4, -0.2) is 30.6 Å². The molecule has 4 rings (SSSR count). The molecule has 1 aliphatic heterocycles. The molecule has 0 atom stereocenters. The van der Waals surface area contributed by atoms with Gasteiger partial charge in [-0.3, -0.25) is 4.79 Å². The van der Waals surface area contributed by atoms with E-state index in [0.29, 0.717) is 37.6 Å². The van der Waals surface area contributed by atoms with Crippen molar-refractivity contribution in [3.05, 3.63) is 47.5 Å². The van der Waals surface area contributed by atoms with Gasteiger partial charge in [-0.25, -0.2) is 0 Å². The third-order valence-electron chi connectivity index (χ3n) is 4.83. The number of oxazole rings is 1. The summed E-state index contributed by atoms with van der Waals surface area (Å²) in [5.41, 5.74) is 1.97. The number of carbonyl (C=O) groups excluding carboxylic acids is 1. The maximum atomic E-state index is 12.6. The van der Waals surface area contributed by atoms with Crippen LogP contribution >= 0.6 is 11.6 Å². The number of rotatable bonds is 5. The quantitative estimate of drug-likeness (QED) is 0.632. The lowest BCUT2D eigenvalue weighted by atomic mass is 9.96.